The maximum absolute atomic E-state index is 11.4. The molecular weight excluding hydrogens is 188 g/mol. The fourth-order valence-corrected chi connectivity index (χ4v) is 1.34. The summed E-state index contributed by atoms with van der Waals surface area (Å²) in [4.78, 5) is 18.3. The molecule has 0 aliphatic rings. The summed E-state index contributed by atoms with van der Waals surface area (Å²) < 4.78 is 0. The Morgan fingerprint density at radius 2 is 2.23 bits per heavy atom. The molecule has 0 spiro atoms. The number of H-pyrrole nitrogens is 1. The number of hydrogen-bond donors (Lipinski definition) is 1. The van der Waals surface area contributed by atoms with E-state index in [1.54, 1.807) is 6.92 Å². The predicted molar refractivity (Wildman–Crippen MR) is 53.2 cm³/mol. The van der Waals surface area contributed by atoms with Crippen molar-refractivity contribution in [2.24, 2.45) is 0 Å². The SMILES string of the molecule is CCc1c(C)nc(C(C)Cl)[nH]c1=O. The van der Waals surface area contributed by atoms with Gasteiger partial charge in [0.2, 0.25) is 0 Å². The van der Waals surface area contributed by atoms with Crippen molar-refractivity contribution in [3.05, 3.63) is 27.4 Å². The molecule has 0 bridgehead atoms. The number of aromatic amines is 1. The molecule has 1 aromatic heterocycles. The Kier molecular flexibility index (Phi) is 3.09. The lowest BCUT2D eigenvalue weighted by atomic mass is 10.2. The number of halogens is 1. The third kappa shape index (κ3) is 2.10. The Morgan fingerprint density at radius 1 is 1.62 bits per heavy atom. The molecule has 3 nitrogen and oxygen atoms in total. The van der Waals surface area contributed by atoms with Crippen molar-refractivity contribution in [2.75, 3.05) is 0 Å². The zero-order valence-electron chi connectivity index (χ0n) is 8.02. The van der Waals surface area contributed by atoms with Gasteiger partial charge in [0.15, 0.2) is 0 Å². The van der Waals surface area contributed by atoms with Crippen molar-refractivity contribution < 1.29 is 0 Å². The summed E-state index contributed by atoms with van der Waals surface area (Å²) in [6.45, 7) is 5.55. The molecule has 0 saturated heterocycles. The van der Waals surface area contributed by atoms with E-state index >= 15 is 0 Å². The van der Waals surface area contributed by atoms with E-state index in [1.165, 1.54) is 0 Å². The summed E-state index contributed by atoms with van der Waals surface area (Å²) in [7, 11) is 0. The van der Waals surface area contributed by atoms with Crippen molar-refractivity contribution in [2.45, 2.75) is 32.6 Å². The highest BCUT2D eigenvalue weighted by molar-refractivity contribution is 6.20. The van der Waals surface area contributed by atoms with Gasteiger partial charge in [-0.3, -0.25) is 4.79 Å². The van der Waals surface area contributed by atoms with E-state index in [2.05, 4.69) is 9.97 Å². The Balaban J connectivity index is 3.29. The Labute approximate surface area is 82.2 Å². The Morgan fingerprint density at radius 3 is 2.62 bits per heavy atom. The van der Waals surface area contributed by atoms with Gasteiger partial charge in [-0.25, -0.2) is 4.98 Å². The number of nitrogens with zero attached hydrogens (tertiary/aromatic N) is 1. The Bertz CT molecular complexity index is 357. The first-order valence-corrected chi connectivity index (χ1v) is 4.73. The van der Waals surface area contributed by atoms with Crippen LogP contribution in [-0.2, 0) is 6.42 Å². The highest BCUT2D eigenvalue weighted by atomic mass is 35.5. The van der Waals surface area contributed by atoms with Gasteiger partial charge in [-0.1, -0.05) is 6.92 Å². The van der Waals surface area contributed by atoms with Gasteiger partial charge in [-0.15, -0.1) is 11.6 Å². The van der Waals surface area contributed by atoms with Crippen LogP contribution in [0.25, 0.3) is 0 Å². The minimum atomic E-state index is -0.252. The van der Waals surface area contributed by atoms with Gasteiger partial charge in [-0.05, 0) is 20.3 Å². The van der Waals surface area contributed by atoms with E-state index in [4.69, 9.17) is 11.6 Å². The fourth-order valence-electron chi connectivity index (χ4n) is 1.24. The number of nitrogens with one attached hydrogen (secondary N) is 1. The van der Waals surface area contributed by atoms with Gasteiger partial charge >= 0.3 is 0 Å². The minimum absolute atomic E-state index is 0.0718. The second-order valence-corrected chi connectivity index (χ2v) is 3.64. The molecule has 0 saturated carbocycles. The first-order valence-electron chi connectivity index (χ1n) is 4.30. The molecule has 1 unspecified atom stereocenters. The van der Waals surface area contributed by atoms with Crippen molar-refractivity contribution in [1.29, 1.82) is 0 Å². The van der Waals surface area contributed by atoms with Crippen LogP contribution in [0.3, 0.4) is 0 Å². The van der Waals surface area contributed by atoms with E-state index in [0.717, 1.165) is 11.3 Å². The first kappa shape index (κ1) is 10.3. The second-order valence-electron chi connectivity index (χ2n) is 2.98. The fraction of sp³-hybridized carbons (Fsp3) is 0.556. The lowest BCUT2D eigenvalue weighted by Crippen LogP contribution is -2.18. The summed E-state index contributed by atoms with van der Waals surface area (Å²) in [5.74, 6) is 0.543. The van der Waals surface area contributed by atoms with Gasteiger partial charge in [0.1, 0.15) is 5.82 Å². The van der Waals surface area contributed by atoms with E-state index < -0.39 is 0 Å². The van der Waals surface area contributed by atoms with Crippen LogP contribution >= 0.6 is 11.6 Å². The zero-order valence-corrected chi connectivity index (χ0v) is 8.77. The van der Waals surface area contributed by atoms with Gasteiger partial charge in [0.05, 0.1) is 5.38 Å². The summed E-state index contributed by atoms with van der Waals surface area (Å²) in [6.07, 6.45) is 0.700. The predicted octanol–water partition coefficient (Wildman–Crippen LogP) is 1.94. The number of aromatic nitrogens is 2. The van der Waals surface area contributed by atoms with Gasteiger partial charge in [0.25, 0.3) is 5.56 Å². The van der Waals surface area contributed by atoms with Gasteiger partial charge in [0, 0.05) is 11.3 Å². The molecule has 0 radical (unpaired) electrons. The number of alkyl halides is 1. The Hall–Kier alpha value is -0.830. The van der Waals surface area contributed by atoms with Crippen LogP contribution in [0.4, 0.5) is 0 Å². The monoisotopic (exact) mass is 200 g/mol. The van der Waals surface area contributed by atoms with Crippen LogP contribution in [0, 0.1) is 6.92 Å². The maximum Gasteiger partial charge on any atom is 0.254 e. The first-order chi connectivity index (χ1) is 6.06. The summed E-state index contributed by atoms with van der Waals surface area (Å²) in [5.41, 5.74) is 1.44. The standard InChI is InChI=1S/C9H13ClN2O/c1-4-7-6(3)11-8(5(2)10)12-9(7)13/h5H,4H2,1-3H3,(H,11,12,13). The lowest BCUT2D eigenvalue weighted by Gasteiger charge is -2.06. The van der Waals surface area contributed by atoms with Crippen molar-refractivity contribution in [3.8, 4) is 0 Å². The molecule has 1 aromatic rings. The molecule has 1 atom stereocenters. The molecule has 4 heteroatoms. The third-order valence-corrected chi connectivity index (χ3v) is 2.18. The van der Waals surface area contributed by atoms with Crippen LogP contribution in [0.5, 0.6) is 0 Å². The van der Waals surface area contributed by atoms with E-state index in [-0.39, 0.29) is 10.9 Å². The molecular formula is C9H13ClN2O. The smallest absolute Gasteiger partial charge is 0.254 e. The molecule has 13 heavy (non-hydrogen) atoms. The number of aryl methyl sites for hydroxylation is 1. The van der Waals surface area contributed by atoms with Crippen LogP contribution in [0.15, 0.2) is 4.79 Å². The molecule has 0 aliphatic heterocycles. The van der Waals surface area contributed by atoms with Crippen molar-refractivity contribution in [3.63, 3.8) is 0 Å². The second kappa shape index (κ2) is 3.92. The summed E-state index contributed by atoms with van der Waals surface area (Å²) >= 11 is 5.81. The zero-order chi connectivity index (χ0) is 10.0. The molecule has 0 aromatic carbocycles. The van der Waals surface area contributed by atoms with Crippen LogP contribution < -0.4 is 5.56 Å². The largest absolute Gasteiger partial charge is 0.309 e. The molecule has 0 fully saturated rings. The quantitative estimate of drug-likeness (QED) is 0.742. The highest BCUT2D eigenvalue weighted by Gasteiger charge is 2.09. The average Bonchev–Trinajstić information content (AvgIpc) is 2.03. The lowest BCUT2D eigenvalue weighted by molar-refractivity contribution is 0.846. The van der Waals surface area contributed by atoms with E-state index in [9.17, 15) is 4.79 Å². The number of hydrogen-bond acceptors (Lipinski definition) is 2. The topological polar surface area (TPSA) is 45.8 Å². The molecule has 72 valence electrons. The van der Waals surface area contributed by atoms with Gasteiger partial charge < -0.3 is 4.98 Å². The van der Waals surface area contributed by atoms with Crippen LogP contribution in [0.2, 0.25) is 0 Å². The van der Waals surface area contributed by atoms with E-state index in [1.807, 2.05) is 13.8 Å². The van der Waals surface area contributed by atoms with Gasteiger partial charge in [-0.2, -0.15) is 0 Å². The minimum Gasteiger partial charge on any atom is -0.309 e. The van der Waals surface area contributed by atoms with Crippen molar-refractivity contribution >= 4 is 11.6 Å². The van der Waals surface area contributed by atoms with Crippen molar-refractivity contribution in [1.82, 2.24) is 9.97 Å². The summed E-state index contributed by atoms with van der Waals surface area (Å²) in [6, 6.07) is 0. The number of rotatable bonds is 2. The molecule has 1 rings (SSSR count). The normalized spacial score (nSPS) is 12.9. The summed E-state index contributed by atoms with van der Waals surface area (Å²) in [5, 5.41) is -0.252. The molecule has 1 N–H and O–H groups in total. The van der Waals surface area contributed by atoms with Crippen LogP contribution in [0.1, 0.15) is 36.3 Å². The average molecular weight is 201 g/mol. The highest BCUT2D eigenvalue weighted by Crippen LogP contribution is 2.14. The molecule has 1 heterocycles. The van der Waals surface area contributed by atoms with Crippen LogP contribution in [-0.4, -0.2) is 9.97 Å². The molecule has 0 aliphatic carbocycles. The molecule has 0 amide bonds. The third-order valence-electron chi connectivity index (χ3n) is 1.97. The van der Waals surface area contributed by atoms with E-state index in [0.29, 0.717) is 12.2 Å². The maximum atomic E-state index is 11.4.